The number of nitrogen functional groups attached to an aromatic ring is 1. The van der Waals surface area contributed by atoms with Crippen molar-refractivity contribution in [3.63, 3.8) is 0 Å². The van der Waals surface area contributed by atoms with Gasteiger partial charge in [-0.2, -0.15) is 0 Å². The van der Waals surface area contributed by atoms with E-state index in [0.29, 0.717) is 17.0 Å². The summed E-state index contributed by atoms with van der Waals surface area (Å²) < 4.78 is 23.6. The Hall–Kier alpha value is -3.42. The lowest BCUT2D eigenvalue weighted by Gasteiger charge is -2.07. The summed E-state index contributed by atoms with van der Waals surface area (Å²) in [5, 5.41) is 6.43. The minimum Gasteiger partial charge on any atom is -0.481 e. The lowest BCUT2D eigenvalue weighted by atomic mass is 10.1. The van der Waals surface area contributed by atoms with Gasteiger partial charge in [-0.3, -0.25) is 4.79 Å². The average Bonchev–Trinajstić information content (AvgIpc) is 3.02. The number of carbonyl (C=O) groups is 1. The molecule has 0 fully saturated rings. The maximum absolute atomic E-state index is 13.7. The number of rotatable bonds is 5. The van der Waals surface area contributed by atoms with Crippen LogP contribution in [0.4, 0.5) is 10.3 Å². The van der Waals surface area contributed by atoms with Gasteiger partial charge in [-0.15, -0.1) is 0 Å². The molecule has 0 bridgehead atoms. The van der Waals surface area contributed by atoms with Crippen LogP contribution < -0.4 is 15.8 Å². The predicted octanol–water partition coefficient (Wildman–Crippen LogP) is 2.40. The summed E-state index contributed by atoms with van der Waals surface area (Å²) in [5.74, 6) is -0.629. The van der Waals surface area contributed by atoms with E-state index in [1.807, 2.05) is 0 Å². The number of hydrogen-bond acceptors (Lipinski definition) is 6. The van der Waals surface area contributed by atoms with Gasteiger partial charge in [0, 0.05) is 29.9 Å². The van der Waals surface area contributed by atoms with Gasteiger partial charge in [0.2, 0.25) is 11.8 Å². The monoisotopic (exact) mass is 342 g/mol. The molecule has 0 atom stereocenters. The van der Waals surface area contributed by atoms with E-state index in [1.54, 1.807) is 30.3 Å². The molecule has 128 valence electrons. The second-order valence-electron chi connectivity index (χ2n) is 5.13. The van der Waals surface area contributed by atoms with Gasteiger partial charge >= 0.3 is 0 Å². The van der Waals surface area contributed by atoms with E-state index in [4.69, 9.17) is 15.0 Å². The van der Waals surface area contributed by atoms with E-state index in [1.165, 1.54) is 19.4 Å². The zero-order valence-electron chi connectivity index (χ0n) is 13.3. The number of nitrogens with one attached hydrogen (secondary N) is 1. The molecule has 1 amide bonds. The van der Waals surface area contributed by atoms with Crippen molar-refractivity contribution in [1.29, 1.82) is 0 Å². The normalized spacial score (nSPS) is 10.5. The van der Waals surface area contributed by atoms with Crippen molar-refractivity contribution < 1.29 is 18.4 Å². The van der Waals surface area contributed by atoms with Crippen LogP contribution >= 0.6 is 0 Å². The van der Waals surface area contributed by atoms with Gasteiger partial charge in [-0.25, -0.2) is 9.37 Å². The van der Waals surface area contributed by atoms with E-state index in [9.17, 15) is 9.18 Å². The van der Waals surface area contributed by atoms with E-state index in [-0.39, 0.29) is 23.7 Å². The molecule has 8 heteroatoms. The molecule has 1 aromatic carbocycles. The minimum absolute atomic E-state index is 0.0103. The summed E-state index contributed by atoms with van der Waals surface area (Å²) in [4.78, 5) is 16.5. The number of methoxy groups -OCH3 is 1. The molecule has 0 aliphatic rings. The second kappa shape index (κ2) is 7.00. The molecule has 0 aliphatic carbocycles. The Kier molecular flexibility index (Phi) is 4.60. The molecule has 2 heterocycles. The molecule has 0 spiro atoms. The van der Waals surface area contributed by atoms with Crippen LogP contribution in [0.3, 0.4) is 0 Å². The largest absolute Gasteiger partial charge is 0.481 e. The number of pyridine rings is 1. The number of benzene rings is 1. The predicted molar refractivity (Wildman–Crippen MR) is 88.3 cm³/mol. The number of nitrogens with two attached hydrogens (primary N) is 1. The second-order valence-corrected chi connectivity index (χ2v) is 5.13. The molecule has 0 saturated carbocycles. The zero-order chi connectivity index (χ0) is 17.8. The van der Waals surface area contributed by atoms with Crippen molar-refractivity contribution >= 4 is 11.8 Å². The van der Waals surface area contributed by atoms with Crippen molar-refractivity contribution in [2.75, 3.05) is 12.8 Å². The number of anilines is 1. The van der Waals surface area contributed by atoms with Crippen LogP contribution in [0.2, 0.25) is 0 Å². The van der Waals surface area contributed by atoms with Crippen molar-refractivity contribution in [1.82, 2.24) is 15.5 Å². The molecule has 2 aromatic heterocycles. The first kappa shape index (κ1) is 16.4. The van der Waals surface area contributed by atoms with Gasteiger partial charge in [0.25, 0.3) is 5.91 Å². The first-order valence-corrected chi connectivity index (χ1v) is 7.37. The van der Waals surface area contributed by atoms with Gasteiger partial charge in [0.05, 0.1) is 7.11 Å². The Balaban J connectivity index is 1.83. The number of halogens is 1. The summed E-state index contributed by atoms with van der Waals surface area (Å²) >= 11 is 0. The zero-order valence-corrected chi connectivity index (χ0v) is 13.3. The fourth-order valence-corrected chi connectivity index (χ4v) is 2.27. The standard InChI is InChI=1S/C17H15FN4O3/c1-24-13-7-6-11(9-20-13)15-14(16(19)25-22-15)17(23)21-8-10-4-2-3-5-12(10)18/h2-7,9H,8,19H2,1H3,(H,21,23). The number of nitrogens with zero attached hydrogens (tertiary/aromatic N) is 2. The fraction of sp³-hybridized carbons (Fsp3) is 0.118. The van der Waals surface area contributed by atoms with Crippen molar-refractivity contribution in [2.45, 2.75) is 6.54 Å². The molecule has 3 aromatic rings. The molecular formula is C17H15FN4O3. The highest BCUT2D eigenvalue weighted by Crippen LogP contribution is 2.27. The Labute approximate surface area is 142 Å². The maximum atomic E-state index is 13.7. The highest BCUT2D eigenvalue weighted by atomic mass is 19.1. The number of hydrogen-bond donors (Lipinski definition) is 2. The lowest BCUT2D eigenvalue weighted by molar-refractivity contribution is 0.0951. The van der Waals surface area contributed by atoms with Crippen molar-refractivity contribution in [3.8, 4) is 17.1 Å². The first-order valence-electron chi connectivity index (χ1n) is 7.37. The summed E-state index contributed by atoms with van der Waals surface area (Å²) in [7, 11) is 1.50. The Morgan fingerprint density at radius 1 is 1.32 bits per heavy atom. The number of ether oxygens (including phenoxy) is 1. The lowest BCUT2D eigenvalue weighted by Crippen LogP contribution is -2.24. The van der Waals surface area contributed by atoms with Crippen molar-refractivity contribution in [2.24, 2.45) is 0 Å². The Morgan fingerprint density at radius 3 is 2.80 bits per heavy atom. The third kappa shape index (κ3) is 3.42. The smallest absolute Gasteiger partial charge is 0.259 e. The minimum atomic E-state index is -0.521. The van der Waals surface area contributed by atoms with Crippen LogP contribution in [0.15, 0.2) is 47.1 Å². The molecule has 0 aliphatic heterocycles. The highest BCUT2D eigenvalue weighted by Gasteiger charge is 2.22. The van der Waals surface area contributed by atoms with E-state index in [0.717, 1.165) is 0 Å². The van der Waals surface area contributed by atoms with Gasteiger partial charge < -0.3 is 20.3 Å². The summed E-state index contributed by atoms with van der Waals surface area (Å²) in [5.41, 5.74) is 6.95. The highest BCUT2D eigenvalue weighted by molar-refractivity contribution is 6.03. The van der Waals surface area contributed by atoms with Gasteiger partial charge in [0.15, 0.2) is 0 Å². The van der Waals surface area contributed by atoms with Crippen LogP contribution in [0.1, 0.15) is 15.9 Å². The molecule has 0 radical (unpaired) electrons. The fourth-order valence-electron chi connectivity index (χ4n) is 2.27. The van der Waals surface area contributed by atoms with Crippen molar-refractivity contribution in [3.05, 3.63) is 59.5 Å². The van der Waals surface area contributed by atoms with Crippen LogP contribution in [-0.2, 0) is 6.54 Å². The molecule has 3 rings (SSSR count). The molecule has 25 heavy (non-hydrogen) atoms. The summed E-state index contributed by atoms with van der Waals surface area (Å²) in [6, 6.07) is 9.48. The van der Waals surface area contributed by atoms with Crippen LogP contribution in [0.25, 0.3) is 11.3 Å². The molecule has 0 unspecified atom stereocenters. The third-order valence-corrected chi connectivity index (χ3v) is 3.56. The maximum Gasteiger partial charge on any atom is 0.259 e. The quantitative estimate of drug-likeness (QED) is 0.738. The summed E-state index contributed by atoms with van der Waals surface area (Å²) in [6.07, 6.45) is 1.49. The first-order chi connectivity index (χ1) is 12.1. The van der Waals surface area contributed by atoms with Gasteiger partial charge in [-0.1, -0.05) is 23.4 Å². The molecule has 7 nitrogen and oxygen atoms in total. The van der Waals surface area contributed by atoms with Crippen LogP contribution in [-0.4, -0.2) is 23.2 Å². The van der Waals surface area contributed by atoms with Gasteiger partial charge in [-0.05, 0) is 12.1 Å². The Morgan fingerprint density at radius 2 is 2.12 bits per heavy atom. The van der Waals surface area contributed by atoms with E-state index >= 15 is 0 Å². The molecular weight excluding hydrogens is 327 g/mol. The molecule has 3 N–H and O–H groups in total. The van der Waals surface area contributed by atoms with Crippen LogP contribution in [0, 0.1) is 5.82 Å². The number of amides is 1. The third-order valence-electron chi connectivity index (χ3n) is 3.56. The van der Waals surface area contributed by atoms with Crippen LogP contribution in [0.5, 0.6) is 5.88 Å². The molecule has 0 saturated heterocycles. The summed E-state index contributed by atoms with van der Waals surface area (Å²) in [6.45, 7) is 0.0103. The van der Waals surface area contributed by atoms with Gasteiger partial charge in [0.1, 0.15) is 17.1 Å². The number of carbonyl (C=O) groups excluding carboxylic acids is 1. The van der Waals surface area contributed by atoms with E-state index in [2.05, 4.69) is 15.5 Å². The Bertz CT molecular complexity index is 893. The number of aromatic nitrogens is 2. The van der Waals surface area contributed by atoms with E-state index < -0.39 is 11.7 Å². The topological polar surface area (TPSA) is 103 Å². The average molecular weight is 342 g/mol. The SMILES string of the molecule is COc1ccc(-c2noc(N)c2C(=O)NCc2ccccc2F)cn1.